The molecule has 3 heterocycles. The van der Waals surface area contributed by atoms with Crippen LogP contribution in [0.4, 0.5) is 5.82 Å². The summed E-state index contributed by atoms with van der Waals surface area (Å²) < 4.78 is 62.4. The summed E-state index contributed by atoms with van der Waals surface area (Å²) in [7, 11) is -16.5. The molecule has 0 spiro atoms. The summed E-state index contributed by atoms with van der Waals surface area (Å²) >= 11 is 0.921. The van der Waals surface area contributed by atoms with Gasteiger partial charge < -0.3 is 50.9 Å². The molecule has 0 radical (unpaired) electrons. The van der Waals surface area contributed by atoms with E-state index in [9.17, 15) is 62.7 Å². The van der Waals surface area contributed by atoms with Crippen molar-refractivity contribution in [3.8, 4) is 0 Å². The van der Waals surface area contributed by atoms with Gasteiger partial charge in [-0.25, -0.2) is 28.6 Å². The van der Waals surface area contributed by atoms with Gasteiger partial charge in [0.15, 0.2) is 22.8 Å². The lowest BCUT2D eigenvalue weighted by Gasteiger charge is -2.30. The van der Waals surface area contributed by atoms with Crippen LogP contribution >= 0.6 is 35.2 Å². The molecule has 3 rings (SSSR count). The number of phosphoric ester groups is 3. The number of ether oxygens (including phenoxy) is 1. The summed E-state index contributed by atoms with van der Waals surface area (Å²) in [4.78, 5) is 100. The van der Waals surface area contributed by atoms with Crippen molar-refractivity contribution < 1.29 is 85.3 Å². The number of amides is 2. The van der Waals surface area contributed by atoms with Crippen LogP contribution in [0.5, 0.6) is 0 Å². The second kappa shape index (κ2) is 28.3. The molecule has 68 heavy (non-hydrogen) atoms. The van der Waals surface area contributed by atoms with Crippen LogP contribution < -0.4 is 16.4 Å². The van der Waals surface area contributed by atoms with Gasteiger partial charge in [-0.1, -0.05) is 75.4 Å². The monoisotopic (exact) mass is 1040 g/mol. The van der Waals surface area contributed by atoms with Crippen molar-refractivity contribution in [1.82, 2.24) is 30.2 Å². The van der Waals surface area contributed by atoms with Gasteiger partial charge in [-0.15, -0.1) is 0 Å². The first-order valence-corrected chi connectivity index (χ1v) is 27.0. The first kappa shape index (κ1) is 58.8. The maximum atomic E-state index is 12.7. The molecular weight excluding hydrogens is 979 g/mol. The van der Waals surface area contributed by atoms with Crippen LogP contribution in [0, 0.1) is 5.41 Å². The van der Waals surface area contributed by atoms with Gasteiger partial charge in [0.2, 0.25) is 11.8 Å². The number of phosphoric acid groups is 3. The van der Waals surface area contributed by atoms with E-state index in [2.05, 4.69) is 77.8 Å². The standard InChI is InChI=1S/C39H62N7O18P3S/c1-4-5-6-7-8-9-10-11-12-13-14-15-16-17-27(47)22-30(49)68-21-20-41-29(48)18-19-42-37(52)34(51)39(2,3)24-61-67(58,59)64-66(56,57)60-23-28-33(63-65(53,54)55)32(50)38(62-28)46-26-45-31-35(40)43-25-44-36(31)46/h5-6,8-9,11-12,25-26,28,32-34,38,50-51H,4,7,10,13-24H2,1-3H3,(H,41,48)(H,42,52)(H,56,57)(H,58,59)(H2,40,43,44)(H2,53,54,55)/b6-5-,9-8-,12-11-/t28-,32-,33-,34+,38-/m1/s1. The van der Waals surface area contributed by atoms with Crippen LogP contribution in [0.3, 0.4) is 0 Å². The Morgan fingerprint density at radius 3 is 2.29 bits per heavy atom. The lowest BCUT2D eigenvalue weighted by Crippen LogP contribution is -2.46. The number of rotatable bonds is 32. The molecule has 2 unspecified atom stereocenters. The molecule has 2 amide bonds. The highest BCUT2D eigenvalue weighted by atomic mass is 32.2. The highest BCUT2D eigenvalue weighted by Gasteiger charge is 2.50. The number of fused-ring (bicyclic) bond motifs is 1. The predicted molar refractivity (Wildman–Crippen MR) is 247 cm³/mol. The Labute approximate surface area is 397 Å². The number of nitrogens with one attached hydrogen (secondary N) is 2. The Kier molecular flexibility index (Phi) is 24.5. The number of aromatic nitrogens is 4. The first-order chi connectivity index (χ1) is 31.9. The normalized spacial score (nSPS) is 20.2. The van der Waals surface area contributed by atoms with E-state index in [0.29, 0.717) is 12.8 Å². The quantitative estimate of drug-likeness (QED) is 0.0219. The molecule has 1 aliphatic rings. The van der Waals surface area contributed by atoms with Crippen molar-refractivity contribution in [3.63, 3.8) is 0 Å². The highest BCUT2D eigenvalue weighted by Crippen LogP contribution is 2.61. The Morgan fingerprint density at radius 2 is 1.60 bits per heavy atom. The average Bonchev–Trinajstić information content (AvgIpc) is 3.82. The molecule has 29 heteroatoms. The van der Waals surface area contributed by atoms with Crippen LogP contribution in [-0.2, 0) is 55.5 Å². The molecule has 0 aromatic carbocycles. The lowest BCUT2D eigenvalue weighted by molar-refractivity contribution is -0.137. The molecule has 2 aromatic heterocycles. The number of nitrogens with zero attached hydrogens (tertiary/aromatic N) is 4. The fourth-order valence-electron chi connectivity index (χ4n) is 6.18. The smallest absolute Gasteiger partial charge is 0.386 e. The summed E-state index contributed by atoms with van der Waals surface area (Å²) in [5, 5.41) is 26.2. The number of thioether (sulfide) groups is 1. The number of nitrogen functional groups attached to an aromatic ring is 1. The van der Waals surface area contributed by atoms with Crippen LogP contribution in [0.15, 0.2) is 49.1 Å². The molecule has 2 aromatic rings. The Balaban J connectivity index is 1.33. The van der Waals surface area contributed by atoms with E-state index in [1.54, 1.807) is 0 Å². The summed E-state index contributed by atoms with van der Waals surface area (Å²) in [6.07, 6.45) is 12.2. The minimum Gasteiger partial charge on any atom is -0.386 e. The van der Waals surface area contributed by atoms with Gasteiger partial charge in [0.05, 0.1) is 26.0 Å². The van der Waals surface area contributed by atoms with Crippen molar-refractivity contribution in [2.75, 3.05) is 37.8 Å². The number of carbonyl (C=O) groups is 4. The van der Waals surface area contributed by atoms with Crippen molar-refractivity contribution in [2.24, 2.45) is 5.41 Å². The van der Waals surface area contributed by atoms with E-state index in [4.69, 9.17) is 19.5 Å². The average molecular weight is 1040 g/mol. The largest absolute Gasteiger partial charge is 0.481 e. The van der Waals surface area contributed by atoms with Crippen LogP contribution in [0.2, 0.25) is 0 Å². The number of aliphatic hydroxyl groups excluding tert-OH is 2. The Bertz CT molecular complexity index is 2220. The Hall–Kier alpha value is -3.55. The lowest BCUT2D eigenvalue weighted by atomic mass is 9.87. The molecule has 382 valence electrons. The SMILES string of the molecule is CC/C=C\C/C=C\C/C=C\CCCCCC(=O)CC(=O)SCCNC(=O)CCNC(=O)[C@H](O)C(C)(C)COP(=O)(O)OP(=O)(O)OC[C@H]1O[C@@H](n2cnc3c(N)ncnc32)[C@H](O)[C@@H]1OP(=O)(O)O. The molecule has 0 saturated carbocycles. The summed E-state index contributed by atoms with van der Waals surface area (Å²) in [6, 6.07) is 0. The van der Waals surface area contributed by atoms with Gasteiger partial charge in [0, 0.05) is 37.1 Å². The third-order valence-corrected chi connectivity index (χ3v) is 13.7. The zero-order valence-electron chi connectivity index (χ0n) is 37.8. The maximum Gasteiger partial charge on any atom is 0.481 e. The van der Waals surface area contributed by atoms with E-state index in [1.165, 1.54) is 13.8 Å². The van der Waals surface area contributed by atoms with Crippen LogP contribution in [0.25, 0.3) is 11.2 Å². The van der Waals surface area contributed by atoms with Gasteiger partial charge in [-0.3, -0.25) is 37.3 Å². The number of nitrogens with two attached hydrogens (primary N) is 1. The zero-order valence-corrected chi connectivity index (χ0v) is 41.3. The molecule has 0 aliphatic carbocycles. The molecular formula is C39H62N7O18P3S. The molecule has 1 aliphatic heterocycles. The van der Waals surface area contributed by atoms with E-state index in [-0.39, 0.29) is 59.6 Å². The molecule has 0 bridgehead atoms. The number of imidazole rings is 1. The number of aliphatic hydroxyl groups is 2. The number of hydrogen-bond donors (Lipinski definition) is 9. The van der Waals surface area contributed by atoms with Crippen molar-refractivity contribution in [3.05, 3.63) is 49.1 Å². The second-order valence-corrected chi connectivity index (χ2v) is 21.3. The van der Waals surface area contributed by atoms with Crippen LogP contribution in [-0.4, -0.2) is 128 Å². The minimum absolute atomic E-state index is 0.0240. The number of unbranched alkanes of at least 4 members (excludes halogenated alkanes) is 3. The first-order valence-electron chi connectivity index (χ1n) is 21.5. The fraction of sp³-hybridized carbons (Fsp3) is 0.615. The predicted octanol–water partition coefficient (Wildman–Crippen LogP) is 3.43. The van der Waals surface area contributed by atoms with Gasteiger partial charge in [0.1, 0.15) is 42.0 Å². The third kappa shape index (κ3) is 21.2. The third-order valence-electron chi connectivity index (χ3n) is 9.71. The topological polar surface area (TPSA) is 381 Å². The maximum absolute atomic E-state index is 12.7. The fourth-order valence-corrected chi connectivity index (χ4v) is 9.71. The molecule has 25 nitrogen and oxygen atoms in total. The summed E-state index contributed by atoms with van der Waals surface area (Å²) in [6.45, 7) is 2.40. The van der Waals surface area contributed by atoms with Gasteiger partial charge in [-0.2, -0.15) is 4.31 Å². The molecule has 1 saturated heterocycles. The second-order valence-electron chi connectivity index (χ2n) is 15.9. The Morgan fingerprint density at radius 1 is 0.926 bits per heavy atom. The summed E-state index contributed by atoms with van der Waals surface area (Å²) in [5.41, 5.74) is 4.23. The number of anilines is 1. The van der Waals surface area contributed by atoms with E-state index in [1.807, 2.05) is 0 Å². The van der Waals surface area contributed by atoms with Crippen LogP contribution in [0.1, 0.15) is 91.2 Å². The van der Waals surface area contributed by atoms with E-state index >= 15 is 0 Å². The molecule has 1 fully saturated rings. The van der Waals surface area contributed by atoms with Gasteiger partial charge in [-0.05, 0) is 38.5 Å². The zero-order chi connectivity index (χ0) is 50.5. The van der Waals surface area contributed by atoms with E-state index in [0.717, 1.165) is 67.5 Å². The van der Waals surface area contributed by atoms with E-state index < -0.39 is 84.6 Å². The van der Waals surface area contributed by atoms with Gasteiger partial charge in [0.25, 0.3) is 0 Å². The molecule has 7 atom stereocenters. The number of ketones is 1. The number of carbonyl (C=O) groups excluding carboxylic acids is 4. The van der Waals surface area contributed by atoms with Crippen molar-refractivity contribution in [1.29, 1.82) is 0 Å². The van der Waals surface area contributed by atoms with Gasteiger partial charge >= 0.3 is 23.5 Å². The number of hydrogen-bond acceptors (Lipinski definition) is 19. The number of Topliss-reactive ketones (excluding diaryl/α,β-unsaturated/α-hetero) is 1. The number of allylic oxidation sites excluding steroid dienone is 6. The summed E-state index contributed by atoms with van der Waals surface area (Å²) in [5.74, 6) is -1.46. The minimum atomic E-state index is -5.59. The van der Waals surface area contributed by atoms with Crippen molar-refractivity contribution >= 4 is 74.9 Å². The molecule has 10 N–H and O–H groups in total. The van der Waals surface area contributed by atoms with Crippen molar-refractivity contribution in [2.45, 2.75) is 116 Å². The highest BCUT2D eigenvalue weighted by molar-refractivity contribution is 8.13.